The second-order valence-electron chi connectivity index (χ2n) is 5.54. The van der Waals surface area contributed by atoms with Gasteiger partial charge in [0.1, 0.15) is 12.4 Å². The van der Waals surface area contributed by atoms with Crippen LogP contribution in [0.15, 0.2) is 24.3 Å². The monoisotopic (exact) mass is 278 g/mol. The molecule has 0 bridgehead atoms. The number of morpholine rings is 1. The molecule has 4 nitrogen and oxygen atoms in total. The number of hydrogen-bond donors (Lipinski definition) is 1. The van der Waals surface area contributed by atoms with Crippen molar-refractivity contribution in [3.8, 4) is 5.75 Å². The Morgan fingerprint density at radius 1 is 1.30 bits per heavy atom. The maximum Gasteiger partial charge on any atom is 0.119 e. The minimum atomic E-state index is 0.317. The molecule has 0 aliphatic carbocycles. The van der Waals surface area contributed by atoms with E-state index >= 15 is 0 Å². The van der Waals surface area contributed by atoms with Crippen molar-refractivity contribution in [1.29, 1.82) is 0 Å². The van der Waals surface area contributed by atoms with E-state index in [2.05, 4.69) is 36.2 Å². The quantitative estimate of drug-likeness (QED) is 0.861. The molecule has 0 saturated carbocycles. The second kappa shape index (κ2) is 7.62. The summed E-state index contributed by atoms with van der Waals surface area (Å²) in [6, 6.07) is 8.26. The first-order chi connectivity index (χ1) is 9.67. The summed E-state index contributed by atoms with van der Waals surface area (Å²) < 4.78 is 11.6. The van der Waals surface area contributed by atoms with Crippen molar-refractivity contribution < 1.29 is 9.47 Å². The molecule has 1 heterocycles. The molecule has 20 heavy (non-hydrogen) atoms. The van der Waals surface area contributed by atoms with E-state index in [-0.39, 0.29) is 0 Å². The number of benzene rings is 1. The zero-order valence-electron chi connectivity index (χ0n) is 12.8. The van der Waals surface area contributed by atoms with Crippen LogP contribution in [0.2, 0.25) is 0 Å². The third kappa shape index (κ3) is 4.78. The summed E-state index contributed by atoms with van der Waals surface area (Å²) in [5, 5.41) is 3.15. The maximum absolute atomic E-state index is 5.86. The van der Waals surface area contributed by atoms with Gasteiger partial charge in [0.05, 0.1) is 12.2 Å². The van der Waals surface area contributed by atoms with Crippen LogP contribution < -0.4 is 10.1 Å². The van der Waals surface area contributed by atoms with Crippen LogP contribution in [0.5, 0.6) is 5.75 Å². The first-order valence-electron chi connectivity index (χ1n) is 7.41. The molecule has 1 N–H and O–H groups in total. The number of hydrogen-bond acceptors (Lipinski definition) is 4. The number of nitrogens with zero attached hydrogens (tertiary/aromatic N) is 1. The first-order valence-corrected chi connectivity index (χ1v) is 7.41. The summed E-state index contributed by atoms with van der Waals surface area (Å²) in [5.41, 5.74) is 1.25. The molecule has 2 atom stereocenters. The minimum absolute atomic E-state index is 0.317. The highest BCUT2D eigenvalue weighted by molar-refractivity contribution is 5.28. The van der Waals surface area contributed by atoms with Gasteiger partial charge in [0, 0.05) is 26.2 Å². The zero-order valence-corrected chi connectivity index (χ0v) is 12.8. The number of nitrogens with one attached hydrogen (secondary N) is 1. The van der Waals surface area contributed by atoms with Gasteiger partial charge in [-0.1, -0.05) is 12.1 Å². The van der Waals surface area contributed by atoms with E-state index in [9.17, 15) is 0 Å². The Kier molecular flexibility index (Phi) is 5.83. The van der Waals surface area contributed by atoms with Crippen LogP contribution in [0.1, 0.15) is 19.4 Å². The standard InChI is InChI=1S/C16H26N2O2/c1-13-11-18(12-14(2)20-13)7-8-19-16-6-4-5-15(9-16)10-17-3/h4-6,9,13-14,17H,7-8,10-12H2,1-3H3/t13-,14+. The first kappa shape index (κ1) is 15.3. The molecule has 1 aromatic carbocycles. The van der Waals surface area contributed by atoms with Crippen LogP contribution in [-0.2, 0) is 11.3 Å². The lowest BCUT2D eigenvalue weighted by molar-refractivity contribution is -0.0699. The zero-order chi connectivity index (χ0) is 14.4. The van der Waals surface area contributed by atoms with Gasteiger partial charge in [0.15, 0.2) is 0 Å². The van der Waals surface area contributed by atoms with E-state index in [0.717, 1.165) is 38.5 Å². The van der Waals surface area contributed by atoms with Crippen molar-refractivity contribution in [1.82, 2.24) is 10.2 Å². The Labute approximate surface area is 122 Å². The molecule has 1 fully saturated rings. The molecule has 1 aliphatic heterocycles. The molecular formula is C16H26N2O2. The van der Waals surface area contributed by atoms with E-state index in [0.29, 0.717) is 12.2 Å². The van der Waals surface area contributed by atoms with Gasteiger partial charge in [-0.05, 0) is 38.6 Å². The molecule has 4 heteroatoms. The molecule has 1 saturated heterocycles. The van der Waals surface area contributed by atoms with E-state index in [1.165, 1.54) is 5.56 Å². The van der Waals surface area contributed by atoms with Crippen LogP contribution in [0.4, 0.5) is 0 Å². The topological polar surface area (TPSA) is 33.7 Å². The lowest BCUT2D eigenvalue weighted by atomic mass is 10.2. The van der Waals surface area contributed by atoms with Crippen LogP contribution >= 0.6 is 0 Å². The van der Waals surface area contributed by atoms with Crippen molar-refractivity contribution in [2.24, 2.45) is 0 Å². The SMILES string of the molecule is CNCc1cccc(OCCN2C[C@@H](C)O[C@@H](C)C2)c1. The summed E-state index contributed by atoms with van der Waals surface area (Å²) in [7, 11) is 1.95. The number of rotatable bonds is 6. The van der Waals surface area contributed by atoms with Crippen LogP contribution in [-0.4, -0.2) is 50.4 Å². The summed E-state index contributed by atoms with van der Waals surface area (Å²) in [6.07, 6.45) is 0.635. The Morgan fingerprint density at radius 2 is 2.05 bits per heavy atom. The smallest absolute Gasteiger partial charge is 0.119 e. The summed E-state index contributed by atoms with van der Waals surface area (Å²) >= 11 is 0. The fourth-order valence-corrected chi connectivity index (χ4v) is 2.71. The van der Waals surface area contributed by atoms with Gasteiger partial charge in [-0.15, -0.1) is 0 Å². The molecule has 112 valence electrons. The van der Waals surface area contributed by atoms with E-state index in [4.69, 9.17) is 9.47 Å². The Morgan fingerprint density at radius 3 is 2.75 bits per heavy atom. The summed E-state index contributed by atoms with van der Waals surface area (Å²) in [5.74, 6) is 0.951. The normalized spacial score (nSPS) is 23.8. The van der Waals surface area contributed by atoms with Gasteiger partial charge >= 0.3 is 0 Å². The maximum atomic E-state index is 5.86. The van der Waals surface area contributed by atoms with Crippen molar-refractivity contribution in [3.05, 3.63) is 29.8 Å². The van der Waals surface area contributed by atoms with Gasteiger partial charge in [-0.3, -0.25) is 4.90 Å². The predicted octanol–water partition coefficient (Wildman–Crippen LogP) is 1.89. The van der Waals surface area contributed by atoms with Gasteiger partial charge < -0.3 is 14.8 Å². The summed E-state index contributed by atoms with van der Waals surface area (Å²) in [6.45, 7) is 8.79. The van der Waals surface area contributed by atoms with Gasteiger partial charge in [0.25, 0.3) is 0 Å². The highest BCUT2D eigenvalue weighted by atomic mass is 16.5. The molecule has 0 spiro atoms. The largest absolute Gasteiger partial charge is 0.492 e. The highest BCUT2D eigenvalue weighted by Crippen LogP contribution is 2.14. The lowest BCUT2D eigenvalue weighted by Crippen LogP contribution is -2.46. The van der Waals surface area contributed by atoms with Crippen LogP contribution in [0, 0.1) is 0 Å². The third-order valence-electron chi connectivity index (χ3n) is 3.45. The fourth-order valence-electron chi connectivity index (χ4n) is 2.71. The molecule has 1 aromatic rings. The highest BCUT2D eigenvalue weighted by Gasteiger charge is 2.21. The predicted molar refractivity (Wildman–Crippen MR) is 81.1 cm³/mol. The van der Waals surface area contributed by atoms with Crippen molar-refractivity contribution in [2.75, 3.05) is 33.3 Å². The summed E-state index contributed by atoms with van der Waals surface area (Å²) in [4.78, 5) is 2.41. The second-order valence-corrected chi connectivity index (χ2v) is 5.54. The fraction of sp³-hybridized carbons (Fsp3) is 0.625. The van der Waals surface area contributed by atoms with Gasteiger partial charge in [-0.2, -0.15) is 0 Å². The van der Waals surface area contributed by atoms with Crippen molar-refractivity contribution >= 4 is 0 Å². The molecular weight excluding hydrogens is 252 g/mol. The minimum Gasteiger partial charge on any atom is -0.492 e. The molecule has 0 unspecified atom stereocenters. The van der Waals surface area contributed by atoms with Crippen molar-refractivity contribution in [2.45, 2.75) is 32.6 Å². The van der Waals surface area contributed by atoms with Gasteiger partial charge in [-0.25, -0.2) is 0 Å². The van der Waals surface area contributed by atoms with E-state index < -0.39 is 0 Å². The Hall–Kier alpha value is -1.10. The van der Waals surface area contributed by atoms with E-state index in [1.807, 2.05) is 19.2 Å². The van der Waals surface area contributed by atoms with E-state index in [1.54, 1.807) is 0 Å². The molecule has 2 rings (SSSR count). The Bertz CT molecular complexity index is 401. The molecule has 0 amide bonds. The number of ether oxygens (including phenoxy) is 2. The third-order valence-corrected chi connectivity index (χ3v) is 3.45. The lowest BCUT2D eigenvalue weighted by Gasteiger charge is -2.35. The average Bonchev–Trinajstić information content (AvgIpc) is 2.38. The van der Waals surface area contributed by atoms with Crippen molar-refractivity contribution in [3.63, 3.8) is 0 Å². The molecule has 1 aliphatic rings. The van der Waals surface area contributed by atoms with Crippen LogP contribution in [0.25, 0.3) is 0 Å². The van der Waals surface area contributed by atoms with Crippen LogP contribution in [0.3, 0.4) is 0 Å². The molecule has 0 radical (unpaired) electrons. The molecule has 0 aromatic heterocycles. The average molecular weight is 278 g/mol. The Balaban J connectivity index is 1.76. The van der Waals surface area contributed by atoms with Gasteiger partial charge in [0.2, 0.25) is 0 Å².